The van der Waals surface area contributed by atoms with Crippen LogP contribution in [0.3, 0.4) is 0 Å². The van der Waals surface area contributed by atoms with Crippen LogP contribution in [0.25, 0.3) is 0 Å². The van der Waals surface area contributed by atoms with E-state index in [0.29, 0.717) is 0 Å². The van der Waals surface area contributed by atoms with Crippen LogP contribution in [0.5, 0.6) is 0 Å². The topological polar surface area (TPSA) is 12.0 Å². The first-order chi connectivity index (χ1) is 6.81. The van der Waals surface area contributed by atoms with Crippen LogP contribution >= 0.6 is 11.6 Å². The van der Waals surface area contributed by atoms with Gasteiger partial charge in [0.15, 0.2) is 0 Å². The van der Waals surface area contributed by atoms with Crippen molar-refractivity contribution < 1.29 is 0 Å². The van der Waals surface area contributed by atoms with E-state index in [0.717, 1.165) is 29.9 Å². The Labute approximate surface area is 90.5 Å². The van der Waals surface area contributed by atoms with Gasteiger partial charge in [-0.05, 0) is 49.0 Å². The molecule has 0 aromatic heterocycles. The van der Waals surface area contributed by atoms with Crippen LogP contribution < -0.4 is 5.32 Å². The summed E-state index contributed by atoms with van der Waals surface area (Å²) in [6, 6.07) is 8.26. The summed E-state index contributed by atoms with van der Waals surface area (Å²) in [6.07, 6.45) is 1.31. The molecule has 2 unspecified atom stereocenters. The summed E-state index contributed by atoms with van der Waals surface area (Å²) in [5.74, 6) is 1.57. The molecular weight excluding hydrogens is 194 g/mol. The average molecular weight is 210 g/mol. The van der Waals surface area contributed by atoms with E-state index in [9.17, 15) is 0 Å². The Balaban J connectivity index is 1.92. The third kappa shape index (κ3) is 2.28. The van der Waals surface area contributed by atoms with Crippen molar-refractivity contribution in [2.45, 2.75) is 19.3 Å². The van der Waals surface area contributed by atoms with Crippen LogP contribution in [0.2, 0.25) is 5.02 Å². The van der Waals surface area contributed by atoms with Crippen molar-refractivity contribution in [2.24, 2.45) is 5.92 Å². The van der Waals surface area contributed by atoms with E-state index < -0.39 is 0 Å². The summed E-state index contributed by atoms with van der Waals surface area (Å²) in [6.45, 7) is 4.36. The molecule has 1 aromatic carbocycles. The van der Waals surface area contributed by atoms with E-state index >= 15 is 0 Å². The Morgan fingerprint density at radius 2 is 2.36 bits per heavy atom. The van der Waals surface area contributed by atoms with Crippen molar-refractivity contribution in [3.8, 4) is 0 Å². The molecule has 1 saturated carbocycles. The first-order valence-electron chi connectivity index (χ1n) is 5.27. The summed E-state index contributed by atoms with van der Waals surface area (Å²) in [5, 5.41) is 4.25. The Morgan fingerprint density at radius 3 is 3.07 bits per heavy atom. The van der Waals surface area contributed by atoms with Crippen molar-refractivity contribution >= 4 is 11.6 Å². The lowest BCUT2D eigenvalue weighted by Gasteiger charge is -2.01. The fourth-order valence-corrected chi connectivity index (χ4v) is 2.15. The molecule has 14 heavy (non-hydrogen) atoms. The molecular formula is C12H16ClN. The predicted molar refractivity (Wildman–Crippen MR) is 60.8 cm³/mol. The van der Waals surface area contributed by atoms with Gasteiger partial charge in [-0.2, -0.15) is 0 Å². The summed E-state index contributed by atoms with van der Waals surface area (Å²) >= 11 is 5.95. The maximum absolute atomic E-state index is 5.95. The zero-order chi connectivity index (χ0) is 9.97. The van der Waals surface area contributed by atoms with Gasteiger partial charge in [-0.1, -0.05) is 30.7 Å². The van der Waals surface area contributed by atoms with Gasteiger partial charge in [0.1, 0.15) is 0 Å². The van der Waals surface area contributed by atoms with Gasteiger partial charge in [-0.25, -0.2) is 0 Å². The van der Waals surface area contributed by atoms with Crippen molar-refractivity contribution in [2.75, 3.05) is 13.1 Å². The highest BCUT2D eigenvalue weighted by Crippen LogP contribution is 2.47. The molecule has 1 N–H and O–H groups in total. The summed E-state index contributed by atoms with van der Waals surface area (Å²) in [5.41, 5.74) is 1.40. The highest BCUT2D eigenvalue weighted by atomic mass is 35.5. The lowest BCUT2D eigenvalue weighted by molar-refractivity contribution is 0.649. The van der Waals surface area contributed by atoms with Gasteiger partial charge in [0.2, 0.25) is 0 Å². The van der Waals surface area contributed by atoms with Crippen molar-refractivity contribution in [1.82, 2.24) is 5.32 Å². The molecule has 0 heterocycles. The Morgan fingerprint density at radius 1 is 1.50 bits per heavy atom. The lowest BCUT2D eigenvalue weighted by Crippen LogP contribution is -2.16. The monoisotopic (exact) mass is 209 g/mol. The van der Waals surface area contributed by atoms with Crippen LogP contribution in [0, 0.1) is 5.92 Å². The smallest absolute Gasteiger partial charge is 0.0408 e. The van der Waals surface area contributed by atoms with Gasteiger partial charge in [0, 0.05) is 5.02 Å². The van der Waals surface area contributed by atoms with Crippen LogP contribution in [-0.2, 0) is 0 Å². The van der Waals surface area contributed by atoms with E-state index in [1.165, 1.54) is 12.0 Å². The fourth-order valence-electron chi connectivity index (χ4n) is 1.95. The van der Waals surface area contributed by atoms with Crippen LogP contribution in [-0.4, -0.2) is 13.1 Å². The van der Waals surface area contributed by atoms with Gasteiger partial charge in [0.25, 0.3) is 0 Å². The Hall–Kier alpha value is -0.530. The third-order valence-electron chi connectivity index (χ3n) is 2.86. The first kappa shape index (κ1) is 10.0. The zero-order valence-corrected chi connectivity index (χ0v) is 9.22. The maximum Gasteiger partial charge on any atom is 0.0408 e. The SMILES string of the molecule is CCNCC1CC1c1cccc(Cl)c1. The minimum atomic E-state index is 0.743. The molecule has 2 rings (SSSR count). The fraction of sp³-hybridized carbons (Fsp3) is 0.500. The van der Waals surface area contributed by atoms with E-state index in [2.05, 4.69) is 24.4 Å². The molecule has 1 nitrogen and oxygen atoms in total. The highest BCUT2D eigenvalue weighted by Gasteiger charge is 2.37. The summed E-state index contributed by atoms with van der Waals surface area (Å²) in [7, 11) is 0. The maximum atomic E-state index is 5.95. The van der Waals surface area contributed by atoms with E-state index in [1.807, 2.05) is 12.1 Å². The zero-order valence-electron chi connectivity index (χ0n) is 8.46. The number of rotatable bonds is 4. The lowest BCUT2D eigenvalue weighted by atomic mass is 10.1. The van der Waals surface area contributed by atoms with Crippen molar-refractivity contribution in [3.05, 3.63) is 34.9 Å². The van der Waals surface area contributed by atoms with E-state index in [1.54, 1.807) is 0 Å². The number of benzene rings is 1. The quantitative estimate of drug-likeness (QED) is 0.804. The molecule has 0 saturated heterocycles. The van der Waals surface area contributed by atoms with Crippen LogP contribution in [0.15, 0.2) is 24.3 Å². The van der Waals surface area contributed by atoms with Gasteiger partial charge in [-0.15, -0.1) is 0 Å². The molecule has 76 valence electrons. The standard InChI is InChI=1S/C12H16ClN/c1-2-14-8-10-7-12(10)9-4-3-5-11(13)6-9/h3-6,10,12,14H,2,7-8H2,1H3. The molecule has 1 aliphatic carbocycles. The second-order valence-corrected chi connectivity index (χ2v) is 4.40. The highest BCUT2D eigenvalue weighted by molar-refractivity contribution is 6.30. The van der Waals surface area contributed by atoms with Gasteiger partial charge < -0.3 is 5.32 Å². The molecule has 0 bridgehead atoms. The van der Waals surface area contributed by atoms with E-state index in [-0.39, 0.29) is 0 Å². The van der Waals surface area contributed by atoms with Crippen LogP contribution in [0.1, 0.15) is 24.8 Å². The summed E-state index contributed by atoms with van der Waals surface area (Å²) < 4.78 is 0. The largest absolute Gasteiger partial charge is 0.317 e. The van der Waals surface area contributed by atoms with E-state index in [4.69, 9.17) is 11.6 Å². The van der Waals surface area contributed by atoms with Gasteiger partial charge in [-0.3, -0.25) is 0 Å². The summed E-state index contributed by atoms with van der Waals surface area (Å²) in [4.78, 5) is 0. The second-order valence-electron chi connectivity index (χ2n) is 3.96. The van der Waals surface area contributed by atoms with Gasteiger partial charge >= 0.3 is 0 Å². The first-order valence-corrected chi connectivity index (χ1v) is 5.65. The molecule has 1 fully saturated rings. The predicted octanol–water partition coefficient (Wildman–Crippen LogP) is 3.05. The van der Waals surface area contributed by atoms with Crippen LogP contribution in [0.4, 0.5) is 0 Å². The van der Waals surface area contributed by atoms with Crippen molar-refractivity contribution in [1.29, 1.82) is 0 Å². The number of hydrogen-bond acceptors (Lipinski definition) is 1. The second kappa shape index (κ2) is 4.33. The normalized spacial score (nSPS) is 25.0. The molecule has 0 aliphatic heterocycles. The molecule has 0 radical (unpaired) electrons. The molecule has 0 amide bonds. The Kier molecular flexibility index (Phi) is 3.09. The third-order valence-corrected chi connectivity index (χ3v) is 3.09. The average Bonchev–Trinajstić information content (AvgIpc) is 2.94. The molecule has 0 spiro atoms. The molecule has 1 aromatic rings. The molecule has 2 heteroatoms. The minimum absolute atomic E-state index is 0.743. The number of nitrogens with one attached hydrogen (secondary N) is 1. The molecule has 2 atom stereocenters. The van der Waals surface area contributed by atoms with Crippen molar-refractivity contribution in [3.63, 3.8) is 0 Å². The Bertz CT molecular complexity index is 311. The number of halogens is 1. The molecule has 1 aliphatic rings. The minimum Gasteiger partial charge on any atom is -0.317 e. The van der Waals surface area contributed by atoms with Gasteiger partial charge in [0.05, 0.1) is 0 Å². The number of hydrogen-bond donors (Lipinski definition) is 1.